The number of carboxylic acid groups (broad SMARTS) is 1. The quantitative estimate of drug-likeness (QED) is 0.112. The summed E-state index contributed by atoms with van der Waals surface area (Å²) in [5.41, 5.74) is 0. The first-order valence-corrected chi connectivity index (χ1v) is 12.2. The van der Waals surface area contributed by atoms with Crippen LogP contribution in [0.4, 0.5) is 0 Å². The van der Waals surface area contributed by atoms with E-state index < -0.39 is 16.4 Å². The van der Waals surface area contributed by atoms with Gasteiger partial charge in [-0.1, -0.05) is 83.8 Å². The second kappa shape index (κ2) is 24.4. The summed E-state index contributed by atoms with van der Waals surface area (Å²) in [5, 5.41) is 9.10. The van der Waals surface area contributed by atoms with Gasteiger partial charge in [0.25, 0.3) is 0 Å². The summed E-state index contributed by atoms with van der Waals surface area (Å²) >= 11 is 0. The van der Waals surface area contributed by atoms with E-state index in [0.29, 0.717) is 0 Å². The van der Waals surface area contributed by atoms with E-state index in [0.717, 1.165) is 25.7 Å². The second-order valence-electron chi connectivity index (χ2n) is 7.29. The normalized spacial score (nSPS) is 12.1. The Morgan fingerprint density at radius 2 is 1.17 bits per heavy atom. The Bertz CT molecular complexity index is 472. The molecule has 0 aromatic heterocycles. The molecule has 1 unspecified atom stereocenters. The summed E-state index contributed by atoms with van der Waals surface area (Å²) < 4.78 is 31.6. The molecular weight excluding hydrogens is 403 g/mol. The Balaban J connectivity index is -0.000000997. The molecule has 0 amide bonds. The summed E-state index contributed by atoms with van der Waals surface area (Å²) in [4.78, 5) is 11.0. The second-order valence-corrected chi connectivity index (χ2v) is 8.19. The first-order chi connectivity index (χ1) is 13.2. The van der Waals surface area contributed by atoms with Gasteiger partial charge in [0.1, 0.15) is 0 Å². The minimum atomic E-state index is -4.67. The van der Waals surface area contributed by atoms with Crippen LogP contribution in [-0.2, 0) is 15.2 Å². The third kappa shape index (κ3) is 35.9. The van der Waals surface area contributed by atoms with Crippen molar-refractivity contribution in [1.82, 2.24) is 0 Å². The fraction of sp³-hybridized carbons (Fsp3) is 0.857. The monoisotopic (exact) mass is 446 g/mol. The number of carbonyl (C=O) groups is 1. The number of carboxylic acids is 1. The van der Waals surface area contributed by atoms with E-state index in [9.17, 15) is 4.79 Å². The molecule has 0 rings (SSSR count). The Morgan fingerprint density at radius 1 is 0.759 bits per heavy atom. The molecule has 0 aliphatic rings. The molecule has 0 radical (unpaired) electrons. The van der Waals surface area contributed by atoms with Gasteiger partial charge in [-0.05, 0) is 38.5 Å². The van der Waals surface area contributed by atoms with E-state index in [1.54, 1.807) is 0 Å². The van der Waals surface area contributed by atoms with Crippen molar-refractivity contribution in [3.8, 4) is 0 Å². The number of rotatable bonds is 17. The van der Waals surface area contributed by atoms with Gasteiger partial charge >= 0.3 is 45.9 Å². The van der Waals surface area contributed by atoms with Crippen LogP contribution < -0.4 is 0 Å². The Kier molecular flexibility index (Phi) is 28.3. The van der Waals surface area contributed by atoms with E-state index >= 15 is 0 Å². The number of allylic oxidation sites excluding steroid dienone is 2. The van der Waals surface area contributed by atoms with E-state index in [4.69, 9.17) is 22.6 Å². The van der Waals surface area contributed by atoms with Crippen molar-refractivity contribution >= 4 is 45.9 Å². The fourth-order valence-corrected chi connectivity index (χ4v) is 3.02. The maximum absolute atomic E-state index is 11.0. The van der Waals surface area contributed by atoms with Crippen LogP contribution >= 0.6 is 0 Å². The molecule has 170 valence electrons. The standard InChI is InChI=1S/C21H40O2.Na.H2O4S.H/c1-3-5-6-7-8-9-10-11-12-13-14-15-16-17-19-20(18-4-2)21(22)23;;1-5(2,3)4;/h11-12,20H,3-10,13-19H2,1-2H3,(H,22,23);;(H2,1,2,3,4);. The van der Waals surface area contributed by atoms with Crippen LogP contribution in [0.2, 0.25) is 0 Å². The van der Waals surface area contributed by atoms with E-state index in [2.05, 4.69) is 26.0 Å². The zero-order chi connectivity index (χ0) is 21.7. The third-order valence-corrected chi connectivity index (χ3v) is 4.55. The van der Waals surface area contributed by atoms with Crippen LogP contribution in [0, 0.1) is 5.92 Å². The summed E-state index contributed by atoms with van der Waals surface area (Å²) in [6.45, 7) is 4.33. The summed E-state index contributed by atoms with van der Waals surface area (Å²) in [6, 6.07) is 0. The van der Waals surface area contributed by atoms with Crippen molar-refractivity contribution in [3.05, 3.63) is 12.2 Å². The average Bonchev–Trinajstić information content (AvgIpc) is 2.59. The van der Waals surface area contributed by atoms with E-state index in [-0.39, 0.29) is 35.5 Å². The molecule has 0 bridgehead atoms. The van der Waals surface area contributed by atoms with Crippen LogP contribution in [0.15, 0.2) is 12.2 Å². The molecule has 0 saturated carbocycles. The minimum absolute atomic E-state index is 0. The molecule has 0 spiro atoms. The van der Waals surface area contributed by atoms with Crippen LogP contribution in [-0.4, -0.2) is 58.2 Å². The van der Waals surface area contributed by atoms with Gasteiger partial charge in [-0.25, -0.2) is 0 Å². The molecule has 0 aromatic carbocycles. The van der Waals surface area contributed by atoms with Gasteiger partial charge in [0, 0.05) is 0 Å². The van der Waals surface area contributed by atoms with Gasteiger partial charge in [-0.3, -0.25) is 13.9 Å². The fourth-order valence-electron chi connectivity index (χ4n) is 3.02. The van der Waals surface area contributed by atoms with Crippen molar-refractivity contribution in [1.29, 1.82) is 0 Å². The topological polar surface area (TPSA) is 112 Å². The molecule has 0 heterocycles. The molecule has 3 N–H and O–H groups in total. The van der Waals surface area contributed by atoms with Gasteiger partial charge in [0.05, 0.1) is 5.92 Å². The van der Waals surface area contributed by atoms with Gasteiger partial charge < -0.3 is 5.11 Å². The van der Waals surface area contributed by atoms with E-state index in [1.807, 2.05) is 0 Å². The Morgan fingerprint density at radius 3 is 1.59 bits per heavy atom. The molecule has 0 aliphatic carbocycles. The first-order valence-electron chi connectivity index (χ1n) is 10.8. The zero-order valence-electron chi connectivity index (χ0n) is 17.8. The summed E-state index contributed by atoms with van der Waals surface area (Å²) in [5.74, 6) is -0.721. The molecule has 0 aromatic rings. The first kappa shape index (κ1) is 33.7. The number of unbranched alkanes of at least 4 members (excludes halogenated alkanes) is 10. The maximum atomic E-state index is 11.0. The zero-order valence-corrected chi connectivity index (χ0v) is 18.6. The molecule has 0 fully saturated rings. The summed E-state index contributed by atoms with van der Waals surface area (Å²) in [6.07, 6.45) is 22.8. The van der Waals surface area contributed by atoms with Gasteiger partial charge in [-0.15, -0.1) is 0 Å². The predicted molar refractivity (Wildman–Crippen MR) is 122 cm³/mol. The van der Waals surface area contributed by atoms with Crippen molar-refractivity contribution in [2.75, 3.05) is 0 Å². The molecule has 29 heavy (non-hydrogen) atoms. The predicted octanol–water partition coefficient (Wildman–Crippen LogP) is 5.83. The Hall–Kier alpha value is 0.0800. The molecule has 0 saturated heterocycles. The van der Waals surface area contributed by atoms with Crippen LogP contribution in [0.25, 0.3) is 0 Å². The van der Waals surface area contributed by atoms with Crippen LogP contribution in [0.5, 0.6) is 0 Å². The number of hydrogen-bond donors (Lipinski definition) is 3. The van der Waals surface area contributed by atoms with Crippen LogP contribution in [0.1, 0.15) is 110 Å². The third-order valence-electron chi connectivity index (χ3n) is 4.55. The van der Waals surface area contributed by atoms with Crippen molar-refractivity contribution in [3.63, 3.8) is 0 Å². The number of hydrogen-bond acceptors (Lipinski definition) is 3. The molecule has 6 nitrogen and oxygen atoms in total. The van der Waals surface area contributed by atoms with Crippen molar-refractivity contribution < 1.29 is 27.4 Å². The van der Waals surface area contributed by atoms with Gasteiger partial charge in [0.2, 0.25) is 0 Å². The molecule has 1 atom stereocenters. The number of aliphatic carboxylic acids is 1. The Labute approximate surface area is 200 Å². The SMILES string of the molecule is CCCCCCCCC=CCCCCCCC(CCC)C(=O)O.O=S(=O)(O)O.[NaH]. The average molecular weight is 447 g/mol. The molecule has 8 heteroatoms. The van der Waals surface area contributed by atoms with Crippen LogP contribution in [0.3, 0.4) is 0 Å². The van der Waals surface area contributed by atoms with Gasteiger partial charge in [-0.2, -0.15) is 8.42 Å². The van der Waals surface area contributed by atoms with Crippen molar-refractivity contribution in [2.45, 2.75) is 110 Å². The molecule has 0 aliphatic heterocycles. The summed E-state index contributed by atoms with van der Waals surface area (Å²) in [7, 11) is -4.67. The van der Waals surface area contributed by atoms with E-state index in [1.165, 1.54) is 70.6 Å². The van der Waals surface area contributed by atoms with Crippen molar-refractivity contribution in [2.24, 2.45) is 5.92 Å². The molecular formula is C21H43NaO6S. The van der Waals surface area contributed by atoms with Gasteiger partial charge in [0.15, 0.2) is 0 Å².